The molecule has 0 aliphatic heterocycles. The highest BCUT2D eigenvalue weighted by molar-refractivity contribution is 4.81. The van der Waals surface area contributed by atoms with Crippen LogP contribution >= 0.6 is 0 Å². The highest BCUT2D eigenvalue weighted by Crippen LogP contribution is 2.41. The van der Waals surface area contributed by atoms with Crippen molar-refractivity contribution in [2.24, 2.45) is 23.2 Å². The normalized spacial score (nSPS) is 18.3. The van der Waals surface area contributed by atoms with E-state index in [9.17, 15) is 0 Å². The Morgan fingerprint density at radius 1 is 0.842 bits per heavy atom. The maximum Gasteiger partial charge on any atom is -0.0300 e. The van der Waals surface area contributed by atoms with Gasteiger partial charge in [0, 0.05) is 0 Å². The van der Waals surface area contributed by atoms with E-state index in [1.807, 2.05) is 0 Å². The van der Waals surface area contributed by atoms with Crippen LogP contribution < -0.4 is 0 Å². The molecule has 0 rings (SSSR count). The third-order valence-electron chi connectivity index (χ3n) is 5.78. The summed E-state index contributed by atoms with van der Waals surface area (Å²) < 4.78 is 0. The number of rotatable bonds is 11. The summed E-state index contributed by atoms with van der Waals surface area (Å²) in [6.45, 7) is 16.9. The van der Waals surface area contributed by atoms with Gasteiger partial charge in [-0.25, -0.2) is 0 Å². The third-order valence-corrected chi connectivity index (χ3v) is 5.78. The topological polar surface area (TPSA) is 0 Å². The summed E-state index contributed by atoms with van der Waals surface area (Å²) >= 11 is 0. The molecule has 0 N–H and O–H groups in total. The van der Waals surface area contributed by atoms with Crippen molar-refractivity contribution in [1.29, 1.82) is 0 Å². The van der Waals surface area contributed by atoms with Gasteiger partial charge in [-0.2, -0.15) is 0 Å². The zero-order valence-corrected chi connectivity index (χ0v) is 14.9. The molecule has 0 nitrogen and oxygen atoms in total. The predicted octanol–water partition coefficient (Wildman–Crippen LogP) is 7.08. The lowest BCUT2D eigenvalue weighted by molar-refractivity contribution is 0.125. The van der Waals surface area contributed by atoms with Gasteiger partial charge < -0.3 is 0 Å². The molecule has 0 aromatic heterocycles. The molecule has 0 aromatic carbocycles. The first kappa shape index (κ1) is 19.0. The second-order valence-electron chi connectivity index (χ2n) is 7.27. The molecule has 3 unspecified atom stereocenters. The van der Waals surface area contributed by atoms with Crippen LogP contribution in [0.25, 0.3) is 0 Å². The highest BCUT2D eigenvalue weighted by Gasteiger charge is 2.31. The molecule has 0 amide bonds. The van der Waals surface area contributed by atoms with E-state index in [0.29, 0.717) is 5.41 Å². The van der Waals surface area contributed by atoms with Crippen LogP contribution in [-0.4, -0.2) is 0 Å². The molecule has 0 saturated carbocycles. The fourth-order valence-electron chi connectivity index (χ4n) is 3.45. The Morgan fingerprint density at radius 2 is 1.42 bits per heavy atom. The first-order valence-corrected chi connectivity index (χ1v) is 8.93. The van der Waals surface area contributed by atoms with Crippen LogP contribution in [0.15, 0.2) is 0 Å². The number of hydrogen-bond donors (Lipinski definition) is 0. The Labute approximate surface area is 123 Å². The van der Waals surface area contributed by atoms with Gasteiger partial charge in [-0.1, -0.05) is 87.0 Å². The lowest BCUT2D eigenvalue weighted by Crippen LogP contribution is -2.28. The smallest absolute Gasteiger partial charge is 0.0300 e. The summed E-state index contributed by atoms with van der Waals surface area (Å²) in [7, 11) is 0. The van der Waals surface area contributed by atoms with Crippen LogP contribution in [0.1, 0.15) is 99.8 Å². The van der Waals surface area contributed by atoms with E-state index in [1.165, 1.54) is 51.4 Å². The monoisotopic (exact) mass is 268 g/mol. The van der Waals surface area contributed by atoms with Crippen molar-refractivity contribution in [2.45, 2.75) is 99.8 Å². The van der Waals surface area contributed by atoms with Crippen molar-refractivity contribution in [3.05, 3.63) is 0 Å². The van der Waals surface area contributed by atoms with Gasteiger partial charge in [0.15, 0.2) is 0 Å². The van der Waals surface area contributed by atoms with Crippen LogP contribution in [0.2, 0.25) is 0 Å². The maximum absolute atomic E-state index is 2.54. The van der Waals surface area contributed by atoms with Crippen molar-refractivity contribution in [1.82, 2.24) is 0 Å². The van der Waals surface area contributed by atoms with Crippen LogP contribution in [0.5, 0.6) is 0 Å². The summed E-state index contributed by atoms with van der Waals surface area (Å²) in [6.07, 6.45) is 11.1. The largest absolute Gasteiger partial charge is 0.0654 e. The first-order valence-electron chi connectivity index (χ1n) is 8.93. The molecule has 0 bridgehead atoms. The van der Waals surface area contributed by atoms with Gasteiger partial charge in [0.25, 0.3) is 0 Å². The van der Waals surface area contributed by atoms with Crippen molar-refractivity contribution >= 4 is 0 Å². The van der Waals surface area contributed by atoms with Crippen LogP contribution in [0, 0.1) is 23.2 Å². The molecule has 19 heavy (non-hydrogen) atoms. The van der Waals surface area contributed by atoms with Gasteiger partial charge in [0.1, 0.15) is 0 Å². The molecule has 0 heteroatoms. The summed E-state index contributed by atoms with van der Waals surface area (Å²) in [5, 5.41) is 0. The zero-order valence-electron chi connectivity index (χ0n) is 14.9. The second kappa shape index (κ2) is 9.83. The Kier molecular flexibility index (Phi) is 9.83. The zero-order chi connectivity index (χ0) is 14.9. The van der Waals surface area contributed by atoms with Gasteiger partial charge >= 0.3 is 0 Å². The second-order valence-corrected chi connectivity index (χ2v) is 7.27. The molecular formula is C19H40. The minimum Gasteiger partial charge on any atom is -0.0654 e. The van der Waals surface area contributed by atoms with E-state index in [-0.39, 0.29) is 0 Å². The fourth-order valence-corrected chi connectivity index (χ4v) is 3.45. The SMILES string of the molecule is CCCC(C)CCC(C)C(C)(CC)CC(CC)CC. The van der Waals surface area contributed by atoms with Gasteiger partial charge in [-0.05, 0) is 36.0 Å². The molecule has 0 saturated heterocycles. The van der Waals surface area contributed by atoms with Crippen LogP contribution in [0.4, 0.5) is 0 Å². The Morgan fingerprint density at radius 3 is 1.84 bits per heavy atom. The first-order chi connectivity index (χ1) is 8.93. The summed E-state index contributed by atoms with van der Waals surface area (Å²) in [5.74, 6) is 2.72. The van der Waals surface area contributed by atoms with Gasteiger partial charge in [0.2, 0.25) is 0 Å². The van der Waals surface area contributed by atoms with Crippen molar-refractivity contribution in [3.8, 4) is 0 Å². The van der Waals surface area contributed by atoms with E-state index < -0.39 is 0 Å². The molecule has 0 aromatic rings. The molecule has 116 valence electrons. The Bertz CT molecular complexity index is 204. The molecule has 3 atom stereocenters. The quantitative estimate of drug-likeness (QED) is 0.375. The lowest BCUT2D eigenvalue weighted by atomic mass is 9.67. The van der Waals surface area contributed by atoms with Crippen molar-refractivity contribution in [3.63, 3.8) is 0 Å². The molecule has 0 radical (unpaired) electrons. The minimum absolute atomic E-state index is 0.558. The maximum atomic E-state index is 2.54. The highest BCUT2D eigenvalue weighted by atomic mass is 14.4. The van der Waals surface area contributed by atoms with Crippen molar-refractivity contribution in [2.75, 3.05) is 0 Å². The third kappa shape index (κ3) is 6.82. The average molecular weight is 269 g/mol. The van der Waals surface area contributed by atoms with Gasteiger partial charge in [-0.3, -0.25) is 0 Å². The lowest BCUT2D eigenvalue weighted by Gasteiger charge is -2.38. The van der Waals surface area contributed by atoms with E-state index in [0.717, 1.165) is 17.8 Å². The Hall–Kier alpha value is 0. The van der Waals surface area contributed by atoms with Gasteiger partial charge in [0.05, 0.1) is 0 Å². The molecule has 0 fully saturated rings. The van der Waals surface area contributed by atoms with Crippen LogP contribution in [0.3, 0.4) is 0 Å². The van der Waals surface area contributed by atoms with E-state index in [2.05, 4.69) is 48.5 Å². The minimum atomic E-state index is 0.558. The molecule has 0 spiro atoms. The molecule has 0 aliphatic carbocycles. The van der Waals surface area contributed by atoms with Crippen LogP contribution in [-0.2, 0) is 0 Å². The van der Waals surface area contributed by atoms with Crippen molar-refractivity contribution < 1.29 is 0 Å². The number of hydrogen-bond acceptors (Lipinski definition) is 0. The summed E-state index contributed by atoms with van der Waals surface area (Å²) in [4.78, 5) is 0. The van der Waals surface area contributed by atoms with Gasteiger partial charge in [-0.15, -0.1) is 0 Å². The summed E-state index contributed by atoms with van der Waals surface area (Å²) in [6, 6.07) is 0. The predicted molar refractivity (Wildman–Crippen MR) is 89.6 cm³/mol. The molecule has 0 heterocycles. The fraction of sp³-hybridized carbons (Fsp3) is 1.00. The van der Waals surface area contributed by atoms with E-state index in [4.69, 9.17) is 0 Å². The summed E-state index contributed by atoms with van der Waals surface area (Å²) in [5.41, 5.74) is 0.558. The van der Waals surface area contributed by atoms with E-state index in [1.54, 1.807) is 0 Å². The molecular weight excluding hydrogens is 228 g/mol. The van der Waals surface area contributed by atoms with E-state index >= 15 is 0 Å². The Balaban J connectivity index is 4.38. The standard InChI is InChI=1S/C19H40/c1-8-12-16(5)13-14-17(6)19(7,11-4)15-18(9-2)10-3/h16-18H,8-15H2,1-7H3. The average Bonchev–Trinajstić information content (AvgIpc) is 2.42. The molecule has 0 aliphatic rings.